The molecule has 4 rings (SSSR count). The monoisotopic (exact) mass is 501 g/mol. The van der Waals surface area contributed by atoms with Gasteiger partial charge in [-0.25, -0.2) is 4.79 Å². The molecule has 0 aliphatic heterocycles. The van der Waals surface area contributed by atoms with Gasteiger partial charge in [0.05, 0.1) is 11.6 Å². The van der Waals surface area contributed by atoms with Crippen LogP contribution in [0.15, 0.2) is 77.4 Å². The van der Waals surface area contributed by atoms with Crippen LogP contribution >= 0.6 is 15.9 Å². The summed E-state index contributed by atoms with van der Waals surface area (Å²) in [5.74, 6) is 0.504. The maximum atomic E-state index is 12.7. The Morgan fingerprint density at radius 1 is 1.06 bits per heavy atom. The van der Waals surface area contributed by atoms with Gasteiger partial charge in [0.2, 0.25) is 0 Å². The van der Waals surface area contributed by atoms with Crippen LogP contribution in [-0.2, 0) is 6.54 Å². The van der Waals surface area contributed by atoms with Gasteiger partial charge in [0, 0.05) is 46.8 Å². The summed E-state index contributed by atoms with van der Waals surface area (Å²) in [4.78, 5) is 14.4. The number of rotatable bonds is 6. The summed E-state index contributed by atoms with van der Waals surface area (Å²) in [5, 5.41) is 10.2. The van der Waals surface area contributed by atoms with Crippen LogP contribution in [-0.4, -0.2) is 28.6 Å². The van der Waals surface area contributed by atoms with Gasteiger partial charge in [-0.3, -0.25) is 0 Å². The largest absolute Gasteiger partial charge is 0.415 e. The van der Waals surface area contributed by atoms with Crippen molar-refractivity contribution in [3.05, 3.63) is 88.5 Å². The molecule has 33 heavy (non-hydrogen) atoms. The first kappa shape index (κ1) is 22.6. The van der Waals surface area contributed by atoms with Crippen molar-refractivity contribution >= 4 is 32.9 Å². The third-order valence-corrected chi connectivity index (χ3v) is 6.17. The van der Waals surface area contributed by atoms with Gasteiger partial charge in [0.1, 0.15) is 5.75 Å². The molecule has 0 saturated heterocycles. The first-order chi connectivity index (χ1) is 16.0. The maximum absolute atomic E-state index is 12.7. The highest BCUT2D eigenvalue weighted by molar-refractivity contribution is 9.10. The van der Waals surface area contributed by atoms with E-state index >= 15 is 0 Å². The minimum atomic E-state index is -0.372. The Morgan fingerprint density at radius 3 is 2.48 bits per heavy atom. The van der Waals surface area contributed by atoms with E-state index in [1.807, 2.05) is 50.2 Å². The van der Waals surface area contributed by atoms with Crippen molar-refractivity contribution < 1.29 is 9.53 Å². The van der Waals surface area contributed by atoms with Gasteiger partial charge in [-0.05, 0) is 67.4 Å². The molecule has 0 atom stereocenters. The van der Waals surface area contributed by atoms with Crippen molar-refractivity contribution in [3.8, 4) is 22.9 Å². The molecule has 0 bridgehead atoms. The van der Waals surface area contributed by atoms with Gasteiger partial charge in [-0.2, -0.15) is 5.26 Å². The van der Waals surface area contributed by atoms with Crippen LogP contribution in [0, 0.1) is 11.3 Å². The van der Waals surface area contributed by atoms with Crippen LogP contribution in [0.5, 0.6) is 5.75 Å². The molecule has 3 aromatic carbocycles. The molecule has 166 valence electrons. The number of nitriles is 1. The summed E-state index contributed by atoms with van der Waals surface area (Å²) in [6.07, 6.45) is 1.68. The SMILES string of the molecule is CCN(CC)C(=O)Oc1ccc2c(ccn2Cc2cccc(Br)c2)c1-c1ccc(C#N)cc1. The molecule has 5 nitrogen and oxygen atoms in total. The van der Waals surface area contributed by atoms with E-state index in [0.717, 1.165) is 26.5 Å². The van der Waals surface area contributed by atoms with Crippen molar-refractivity contribution in [2.45, 2.75) is 20.4 Å². The van der Waals surface area contributed by atoms with Crippen molar-refractivity contribution in [3.63, 3.8) is 0 Å². The molecule has 0 unspecified atom stereocenters. The molecule has 4 aromatic rings. The number of aromatic nitrogens is 1. The van der Waals surface area contributed by atoms with Crippen molar-refractivity contribution in [1.29, 1.82) is 5.26 Å². The van der Waals surface area contributed by atoms with E-state index in [9.17, 15) is 10.1 Å². The summed E-state index contributed by atoms with van der Waals surface area (Å²) < 4.78 is 9.08. The summed E-state index contributed by atoms with van der Waals surface area (Å²) in [7, 11) is 0. The van der Waals surface area contributed by atoms with Crippen LogP contribution in [0.2, 0.25) is 0 Å². The number of hydrogen-bond acceptors (Lipinski definition) is 3. The summed E-state index contributed by atoms with van der Waals surface area (Å²) in [6, 6.07) is 23.6. The lowest BCUT2D eigenvalue weighted by Gasteiger charge is -2.20. The third kappa shape index (κ3) is 4.79. The zero-order valence-corrected chi connectivity index (χ0v) is 20.2. The lowest BCUT2D eigenvalue weighted by molar-refractivity contribution is 0.157. The van der Waals surface area contributed by atoms with Crippen molar-refractivity contribution in [1.82, 2.24) is 9.47 Å². The average Bonchev–Trinajstić information content (AvgIpc) is 3.22. The van der Waals surface area contributed by atoms with E-state index in [4.69, 9.17) is 4.74 Å². The number of carbonyl (C=O) groups is 1. The zero-order chi connectivity index (χ0) is 23.4. The van der Waals surface area contributed by atoms with E-state index < -0.39 is 0 Å². The normalized spacial score (nSPS) is 10.7. The van der Waals surface area contributed by atoms with Gasteiger partial charge < -0.3 is 14.2 Å². The fourth-order valence-corrected chi connectivity index (χ4v) is 4.40. The molecule has 0 N–H and O–H groups in total. The van der Waals surface area contributed by atoms with Crippen LogP contribution in [0.1, 0.15) is 25.0 Å². The quantitative estimate of drug-likeness (QED) is 0.290. The van der Waals surface area contributed by atoms with Crippen LogP contribution in [0.25, 0.3) is 22.0 Å². The molecule has 0 fully saturated rings. The van der Waals surface area contributed by atoms with E-state index in [-0.39, 0.29) is 6.09 Å². The van der Waals surface area contributed by atoms with Crippen molar-refractivity contribution in [2.24, 2.45) is 0 Å². The Labute approximate surface area is 201 Å². The molecule has 0 aliphatic carbocycles. The number of carbonyl (C=O) groups excluding carboxylic acids is 1. The summed E-state index contributed by atoms with van der Waals surface area (Å²) >= 11 is 3.54. The second-order valence-electron chi connectivity index (χ2n) is 7.67. The Balaban J connectivity index is 1.81. The molecule has 0 spiro atoms. The number of fused-ring (bicyclic) bond motifs is 1. The first-order valence-electron chi connectivity index (χ1n) is 10.9. The Hall–Kier alpha value is -3.56. The van der Waals surface area contributed by atoms with Crippen LogP contribution < -0.4 is 4.74 Å². The average molecular weight is 502 g/mol. The van der Waals surface area contributed by atoms with Gasteiger partial charge in [-0.1, -0.05) is 40.2 Å². The molecule has 1 amide bonds. The van der Waals surface area contributed by atoms with E-state index in [0.29, 0.717) is 30.9 Å². The molecular formula is C27H24BrN3O2. The van der Waals surface area contributed by atoms with Gasteiger partial charge in [0.15, 0.2) is 0 Å². The van der Waals surface area contributed by atoms with E-state index in [2.05, 4.69) is 51.0 Å². The Morgan fingerprint density at radius 2 is 1.82 bits per heavy atom. The number of amides is 1. The molecule has 0 saturated carbocycles. The first-order valence-corrected chi connectivity index (χ1v) is 11.7. The lowest BCUT2D eigenvalue weighted by Crippen LogP contribution is -2.33. The molecule has 0 radical (unpaired) electrons. The predicted molar refractivity (Wildman–Crippen MR) is 134 cm³/mol. The van der Waals surface area contributed by atoms with Gasteiger partial charge >= 0.3 is 6.09 Å². The molecule has 1 heterocycles. The fraction of sp³-hybridized carbons (Fsp3) is 0.185. The zero-order valence-electron chi connectivity index (χ0n) is 18.6. The number of ether oxygens (including phenoxy) is 1. The molecular weight excluding hydrogens is 478 g/mol. The molecule has 1 aromatic heterocycles. The number of hydrogen-bond donors (Lipinski definition) is 0. The van der Waals surface area contributed by atoms with Crippen molar-refractivity contribution in [2.75, 3.05) is 13.1 Å². The number of benzene rings is 3. The van der Waals surface area contributed by atoms with Crippen LogP contribution in [0.4, 0.5) is 4.79 Å². The fourth-order valence-electron chi connectivity index (χ4n) is 3.96. The smallest absolute Gasteiger partial charge is 0.410 e. The number of nitrogens with zero attached hydrogens (tertiary/aromatic N) is 3. The second-order valence-corrected chi connectivity index (χ2v) is 8.59. The van der Waals surface area contributed by atoms with E-state index in [1.165, 1.54) is 5.56 Å². The highest BCUT2D eigenvalue weighted by atomic mass is 79.9. The Kier molecular flexibility index (Phi) is 6.81. The predicted octanol–water partition coefficient (Wildman–Crippen LogP) is 6.83. The minimum absolute atomic E-state index is 0.372. The third-order valence-electron chi connectivity index (χ3n) is 5.68. The van der Waals surface area contributed by atoms with Crippen LogP contribution in [0.3, 0.4) is 0 Å². The summed E-state index contributed by atoms with van der Waals surface area (Å²) in [6.45, 7) is 5.73. The van der Waals surface area contributed by atoms with Gasteiger partial charge in [0.25, 0.3) is 0 Å². The molecule has 6 heteroatoms. The molecule has 0 aliphatic rings. The maximum Gasteiger partial charge on any atom is 0.415 e. The highest BCUT2D eigenvalue weighted by Gasteiger charge is 2.19. The summed E-state index contributed by atoms with van der Waals surface area (Å²) in [5.41, 5.74) is 4.53. The second kappa shape index (κ2) is 9.93. The minimum Gasteiger partial charge on any atom is -0.410 e. The lowest BCUT2D eigenvalue weighted by atomic mass is 9.99. The standard InChI is InChI=1S/C27H24BrN3O2/c1-3-30(4-2)27(32)33-25-13-12-24-23(26(25)21-10-8-19(17-29)9-11-21)14-15-31(24)18-20-6-5-7-22(28)16-20/h5-16H,3-4,18H2,1-2H3. The highest BCUT2D eigenvalue weighted by Crippen LogP contribution is 2.38. The Bertz CT molecular complexity index is 1330. The van der Waals surface area contributed by atoms with Gasteiger partial charge in [-0.15, -0.1) is 0 Å². The topological polar surface area (TPSA) is 58.3 Å². The van der Waals surface area contributed by atoms with E-state index in [1.54, 1.807) is 17.0 Å². The number of halogens is 1.